The van der Waals surface area contributed by atoms with Crippen molar-refractivity contribution < 1.29 is 4.57 Å². The van der Waals surface area contributed by atoms with Gasteiger partial charge < -0.3 is 0 Å². The van der Waals surface area contributed by atoms with Gasteiger partial charge in [0.1, 0.15) is 0 Å². The van der Waals surface area contributed by atoms with Crippen molar-refractivity contribution in [3.63, 3.8) is 0 Å². The summed E-state index contributed by atoms with van der Waals surface area (Å²) in [4.78, 5) is 0. The number of benzene rings is 4. The molecule has 0 aromatic heterocycles. The van der Waals surface area contributed by atoms with Gasteiger partial charge in [0.2, 0.25) is 0 Å². The Morgan fingerprint density at radius 1 is 0.727 bits per heavy atom. The highest BCUT2D eigenvalue weighted by Gasteiger charge is 2.51. The molecule has 0 radical (unpaired) electrons. The lowest BCUT2D eigenvalue weighted by Crippen LogP contribution is -2.34. The molecule has 168 valence electrons. The van der Waals surface area contributed by atoms with Crippen LogP contribution in [-0.2, 0) is 4.57 Å². The zero-order valence-corrected chi connectivity index (χ0v) is 19.9. The number of rotatable bonds is 3. The van der Waals surface area contributed by atoms with Gasteiger partial charge >= 0.3 is 0 Å². The smallest absolute Gasteiger partial charge is 0.270 e. The molecule has 3 atom stereocenters. The molecule has 4 aromatic carbocycles. The van der Waals surface area contributed by atoms with Crippen molar-refractivity contribution in [2.45, 2.75) is 31.3 Å². The van der Waals surface area contributed by atoms with Crippen molar-refractivity contribution >= 4 is 29.1 Å². The Labute approximate surface area is 195 Å². The fourth-order valence-corrected chi connectivity index (χ4v) is 8.61. The number of fused-ring (bicyclic) bond motifs is 2. The van der Waals surface area contributed by atoms with Crippen LogP contribution in [0.15, 0.2) is 84.9 Å². The first-order chi connectivity index (χ1) is 16.2. The van der Waals surface area contributed by atoms with Gasteiger partial charge in [0.15, 0.2) is 0 Å². The number of nitrogens with zero attached hydrogens (tertiary/aromatic N) is 2. The molecule has 2 fully saturated rings. The Morgan fingerprint density at radius 3 is 1.94 bits per heavy atom. The summed E-state index contributed by atoms with van der Waals surface area (Å²) in [5.74, 6) is 0. The number of nitrogens with one attached hydrogen (secondary N) is 1. The maximum absolute atomic E-state index is 14.7. The van der Waals surface area contributed by atoms with E-state index >= 15 is 0 Å². The first kappa shape index (κ1) is 21.1. The second kappa shape index (κ2) is 8.38. The third-order valence-corrected chi connectivity index (χ3v) is 10.4. The summed E-state index contributed by atoms with van der Waals surface area (Å²) in [6.45, 7) is 1.78. The average molecular weight is 456 g/mol. The van der Waals surface area contributed by atoms with Gasteiger partial charge in [-0.05, 0) is 52.6 Å². The molecular weight excluding hydrogens is 425 g/mol. The van der Waals surface area contributed by atoms with E-state index < -0.39 is 7.59 Å². The average Bonchev–Trinajstić information content (AvgIpc) is 3.15. The molecule has 4 nitrogen and oxygen atoms in total. The Kier molecular flexibility index (Phi) is 5.35. The highest BCUT2D eigenvalue weighted by Crippen LogP contribution is 2.64. The van der Waals surface area contributed by atoms with Crippen LogP contribution >= 0.6 is 7.59 Å². The lowest BCUT2D eigenvalue weighted by molar-refractivity contribution is 0.303. The number of likely N-dealkylation sites (N-methyl/N-ethyl adjacent to an activating group) is 1. The van der Waals surface area contributed by atoms with Gasteiger partial charge in [0, 0.05) is 13.1 Å². The zero-order chi connectivity index (χ0) is 22.4. The zero-order valence-electron chi connectivity index (χ0n) is 19.0. The van der Waals surface area contributed by atoms with Crippen LogP contribution in [0.5, 0.6) is 0 Å². The van der Waals surface area contributed by atoms with E-state index in [1.165, 1.54) is 39.1 Å². The second-order valence-corrected chi connectivity index (χ2v) is 11.9. The van der Waals surface area contributed by atoms with E-state index in [2.05, 4.69) is 106 Å². The highest BCUT2D eigenvalue weighted by atomic mass is 31.2. The third kappa shape index (κ3) is 3.45. The molecule has 0 spiro atoms. The predicted octanol–water partition coefficient (Wildman–Crippen LogP) is 6.90. The Bertz CT molecular complexity index is 1350. The Hall–Kier alpha value is -2.49. The van der Waals surface area contributed by atoms with E-state index in [1.807, 2.05) is 0 Å². The fourth-order valence-electron chi connectivity index (χ4n) is 5.81. The van der Waals surface area contributed by atoms with Crippen LogP contribution in [0.4, 0.5) is 0 Å². The molecule has 2 heterocycles. The van der Waals surface area contributed by atoms with Crippen LogP contribution in [0.2, 0.25) is 0 Å². The van der Waals surface area contributed by atoms with Gasteiger partial charge in [0.05, 0.1) is 12.1 Å². The molecule has 2 saturated heterocycles. The lowest BCUT2D eigenvalue weighted by atomic mass is 9.88. The number of hydrogen-bond donors (Lipinski definition) is 1. The van der Waals surface area contributed by atoms with Crippen LogP contribution < -0.4 is 5.09 Å². The normalized spacial score (nSPS) is 26.8. The number of piperidine rings is 1. The van der Waals surface area contributed by atoms with Gasteiger partial charge in [-0.15, -0.1) is 0 Å². The number of hydrogen-bond acceptors (Lipinski definition) is 1. The summed E-state index contributed by atoms with van der Waals surface area (Å²) in [5.41, 5.74) is 2.45. The van der Waals surface area contributed by atoms with E-state index in [0.29, 0.717) is 0 Å². The van der Waals surface area contributed by atoms with E-state index in [4.69, 9.17) is 0 Å². The minimum atomic E-state index is -2.92. The van der Waals surface area contributed by atoms with Gasteiger partial charge in [-0.25, -0.2) is 14.4 Å². The minimum Gasteiger partial charge on any atom is -0.270 e. The van der Waals surface area contributed by atoms with Crippen molar-refractivity contribution in [2.75, 3.05) is 20.1 Å². The maximum Gasteiger partial charge on any atom is 0.285 e. The van der Waals surface area contributed by atoms with Crippen LogP contribution in [-0.4, -0.2) is 29.5 Å². The molecule has 2 aliphatic heterocycles. The minimum absolute atomic E-state index is 0.0327. The first-order valence-corrected chi connectivity index (χ1v) is 13.6. The standard InChI is InChI=1S/C28H30N3OP/c1-30-28(26-18-10-14-22-12-4-6-16-24(22)26)27(29-33(30,32)31-19-7-2-8-20-31)25-17-9-13-21-11-3-5-15-23(21)25/h3-6,9-18,27-28H,2,7-8,19-20H2,1H3,(H,29,32)/t27-,28-,33?/m0/s1. The van der Waals surface area contributed by atoms with Crippen molar-refractivity contribution in [3.05, 3.63) is 96.1 Å². The summed E-state index contributed by atoms with van der Waals surface area (Å²) < 4.78 is 19.1. The van der Waals surface area contributed by atoms with Crippen LogP contribution in [0.25, 0.3) is 21.5 Å². The summed E-state index contributed by atoms with van der Waals surface area (Å²) in [7, 11) is -0.864. The van der Waals surface area contributed by atoms with Gasteiger partial charge in [-0.2, -0.15) is 0 Å². The highest BCUT2D eigenvalue weighted by molar-refractivity contribution is 7.57. The van der Waals surface area contributed by atoms with Crippen molar-refractivity contribution in [3.8, 4) is 0 Å². The quantitative estimate of drug-likeness (QED) is 0.341. The van der Waals surface area contributed by atoms with Crippen molar-refractivity contribution in [1.29, 1.82) is 0 Å². The first-order valence-electron chi connectivity index (χ1n) is 12.0. The summed E-state index contributed by atoms with van der Waals surface area (Å²) in [5, 5.41) is 8.61. The monoisotopic (exact) mass is 455 g/mol. The molecule has 1 unspecified atom stereocenters. The van der Waals surface area contributed by atoms with Crippen LogP contribution in [0.1, 0.15) is 42.5 Å². The predicted molar refractivity (Wildman–Crippen MR) is 137 cm³/mol. The topological polar surface area (TPSA) is 35.6 Å². The lowest BCUT2D eigenvalue weighted by Gasteiger charge is -2.36. The van der Waals surface area contributed by atoms with E-state index in [1.54, 1.807) is 0 Å². The van der Waals surface area contributed by atoms with Crippen molar-refractivity contribution in [1.82, 2.24) is 14.4 Å². The molecule has 0 amide bonds. The Morgan fingerprint density at radius 2 is 1.27 bits per heavy atom. The molecule has 4 aromatic rings. The van der Waals surface area contributed by atoms with Crippen LogP contribution in [0.3, 0.4) is 0 Å². The summed E-state index contributed by atoms with van der Waals surface area (Å²) >= 11 is 0. The summed E-state index contributed by atoms with van der Waals surface area (Å²) in [6, 6.07) is 30.0. The largest absolute Gasteiger partial charge is 0.285 e. The van der Waals surface area contributed by atoms with Gasteiger partial charge in [0.25, 0.3) is 7.59 Å². The van der Waals surface area contributed by atoms with Crippen LogP contribution in [0, 0.1) is 0 Å². The molecule has 0 saturated carbocycles. The Balaban J connectivity index is 1.56. The molecular formula is C28H30N3OP. The SMILES string of the molecule is CN1[C@@H](c2cccc3ccccc23)[C@H](c2cccc3ccccc23)NP1(=O)N1CCCCC1. The van der Waals surface area contributed by atoms with Crippen molar-refractivity contribution in [2.24, 2.45) is 0 Å². The van der Waals surface area contributed by atoms with Gasteiger partial charge in [-0.1, -0.05) is 91.3 Å². The molecule has 33 heavy (non-hydrogen) atoms. The third-order valence-electron chi connectivity index (χ3n) is 7.47. The maximum atomic E-state index is 14.7. The summed E-state index contributed by atoms with van der Waals surface area (Å²) in [6.07, 6.45) is 3.44. The molecule has 0 aliphatic carbocycles. The van der Waals surface area contributed by atoms with Gasteiger partial charge in [-0.3, -0.25) is 4.57 Å². The molecule has 1 N–H and O–H groups in total. The molecule has 0 bridgehead atoms. The fraction of sp³-hybridized carbons (Fsp3) is 0.286. The second-order valence-electron chi connectivity index (χ2n) is 9.32. The van der Waals surface area contributed by atoms with E-state index in [0.717, 1.165) is 25.9 Å². The molecule has 6 rings (SSSR count). The van der Waals surface area contributed by atoms with E-state index in [-0.39, 0.29) is 12.1 Å². The molecule has 5 heteroatoms. The van der Waals surface area contributed by atoms with E-state index in [9.17, 15) is 4.57 Å². The molecule has 2 aliphatic rings.